The normalized spacial score (nSPS) is 31.9. The van der Waals surface area contributed by atoms with Crippen LogP contribution < -0.4 is 0 Å². The second-order valence-electron chi connectivity index (χ2n) is 15.4. The molecule has 0 aromatic rings. The molecule has 3 N–H and O–H groups in total. The molecule has 4 rings (SSSR count). The molecule has 3 fully saturated rings. The number of carbonyl (C=O) groups excluding carboxylic acids is 3. The standard InChI is InChI=1S/C39H61N3O10/c1-27(26-50-38(48)42-20-10-15-32(42)36(45)46)11-9-12-28(2)35-29(3)16-17-33(39(4,49)19-18-31(43)25-34(44)52-35)51-37(47)41-23-21-40(22-24-41)30-13-7-5-6-8-14-30/h9,11-12,16-17,27,29-33,35,43,49H,5-8,10,13-15,18-26H2,1-4H3,(H,45,46)/b11-9+,17-16+,28-12+/t27-,29+,31+,32-,33+,35-,39+/m1/s1. The van der Waals surface area contributed by atoms with Crippen molar-refractivity contribution in [3.05, 3.63) is 36.0 Å². The van der Waals surface area contributed by atoms with Gasteiger partial charge in [0.05, 0.1) is 19.1 Å². The maximum absolute atomic E-state index is 13.4. The molecule has 7 atom stereocenters. The highest BCUT2D eigenvalue weighted by Crippen LogP contribution is 2.28. The minimum atomic E-state index is -1.50. The summed E-state index contributed by atoms with van der Waals surface area (Å²) in [5.74, 6) is -2.17. The average molecular weight is 732 g/mol. The van der Waals surface area contributed by atoms with Crippen LogP contribution in [0.3, 0.4) is 0 Å². The van der Waals surface area contributed by atoms with Crippen molar-refractivity contribution in [2.75, 3.05) is 39.3 Å². The number of hydrogen-bond acceptors (Lipinski definition) is 10. The number of aliphatic carboxylic acids is 1. The van der Waals surface area contributed by atoms with E-state index < -0.39 is 54.1 Å². The molecule has 0 aromatic heterocycles. The Morgan fingerprint density at radius 2 is 1.69 bits per heavy atom. The first-order valence-corrected chi connectivity index (χ1v) is 19.2. The number of cyclic esters (lactones) is 1. The van der Waals surface area contributed by atoms with E-state index in [-0.39, 0.29) is 37.7 Å². The maximum Gasteiger partial charge on any atom is 0.410 e. The van der Waals surface area contributed by atoms with Gasteiger partial charge in [-0.25, -0.2) is 14.4 Å². The lowest BCUT2D eigenvalue weighted by atomic mass is 9.89. The summed E-state index contributed by atoms with van der Waals surface area (Å²) >= 11 is 0. The number of amides is 2. The monoisotopic (exact) mass is 731 g/mol. The molecule has 0 spiro atoms. The molecule has 2 saturated heterocycles. The molecule has 3 heterocycles. The van der Waals surface area contributed by atoms with Crippen molar-refractivity contribution >= 4 is 24.1 Å². The average Bonchev–Trinajstić information content (AvgIpc) is 3.46. The van der Waals surface area contributed by atoms with E-state index in [4.69, 9.17) is 14.2 Å². The number of piperazine rings is 1. The fourth-order valence-electron chi connectivity index (χ4n) is 7.60. The Balaban J connectivity index is 1.39. The third-order valence-electron chi connectivity index (χ3n) is 11.0. The predicted molar refractivity (Wildman–Crippen MR) is 194 cm³/mol. The van der Waals surface area contributed by atoms with Crippen LogP contribution in [0.4, 0.5) is 9.59 Å². The van der Waals surface area contributed by atoms with Crippen molar-refractivity contribution in [1.29, 1.82) is 0 Å². The Bertz CT molecular complexity index is 1300. The minimum absolute atomic E-state index is 0.0662. The summed E-state index contributed by atoms with van der Waals surface area (Å²) in [6.45, 7) is 10.3. The Hall–Kier alpha value is -3.42. The lowest BCUT2D eigenvalue weighted by molar-refractivity contribution is -0.151. The zero-order valence-corrected chi connectivity index (χ0v) is 31.5. The summed E-state index contributed by atoms with van der Waals surface area (Å²) in [5.41, 5.74) is -0.782. The highest BCUT2D eigenvalue weighted by Gasteiger charge is 2.38. The lowest BCUT2D eigenvalue weighted by Gasteiger charge is -2.40. The molecule has 13 heteroatoms. The third-order valence-corrected chi connectivity index (χ3v) is 11.0. The SMILES string of the molecule is C/C(=C\C=C\[C@@H](C)COC(=O)N1CCC[C@@H]1C(=O)O)[C@H]1OC(=O)C[C@@H](O)CC[C@](C)(O)[C@@H](OC(=O)N2CCN(C3CCCCCC3)CC2)/C=C/[C@@H]1C. The summed E-state index contributed by atoms with van der Waals surface area (Å²) in [4.78, 5) is 55.7. The van der Waals surface area contributed by atoms with Crippen molar-refractivity contribution in [2.24, 2.45) is 11.8 Å². The van der Waals surface area contributed by atoms with Gasteiger partial charge in [0.2, 0.25) is 0 Å². The smallest absolute Gasteiger partial charge is 0.410 e. The Labute approximate surface area is 308 Å². The number of aliphatic hydroxyl groups is 2. The number of carboxylic acid groups (broad SMARTS) is 1. The van der Waals surface area contributed by atoms with E-state index in [0.29, 0.717) is 44.1 Å². The molecule has 0 aromatic carbocycles. The number of nitrogens with zero attached hydrogens (tertiary/aromatic N) is 3. The van der Waals surface area contributed by atoms with Gasteiger partial charge < -0.3 is 34.4 Å². The van der Waals surface area contributed by atoms with Gasteiger partial charge in [-0.2, -0.15) is 0 Å². The number of rotatable bonds is 8. The molecule has 0 unspecified atom stereocenters. The Kier molecular flexibility index (Phi) is 15.6. The van der Waals surface area contributed by atoms with Crippen molar-refractivity contribution in [1.82, 2.24) is 14.7 Å². The van der Waals surface area contributed by atoms with Crippen LogP contribution in [0.1, 0.15) is 98.3 Å². The van der Waals surface area contributed by atoms with E-state index in [2.05, 4.69) is 4.90 Å². The molecule has 0 radical (unpaired) electrons. The van der Waals surface area contributed by atoms with Crippen molar-refractivity contribution in [3.8, 4) is 0 Å². The third kappa shape index (κ3) is 12.1. The molecule has 1 aliphatic carbocycles. The highest BCUT2D eigenvalue weighted by atomic mass is 16.6. The lowest BCUT2D eigenvalue weighted by Crippen LogP contribution is -2.53. The number of carbonyl (C=O) groups is 4. The van der Waals surface area contributed by atoms with E-state index in [1.165, 1.54) is 43.4 Å². The largest absolute Gasteiger partial charge is 0.480 e. The molecule has 292 valence electrons. The van der Waals surface area contributed by atoms with Gasteiger partial charge in [0, 0.05) is 50.6 Å². The Morgan fingerprint density at radius 3 is 2.37 bits per heavy atom. The summed E-state index contributed by atoms with van der Waals surface area (Å²) in [6.07, 6.45) is 13.5. The minimum Gasteiger partial charge on any atom is -0.480 e. The summed E-state index contributed by atoms with van der Waals surface area (Å²) in [7, 11) is 0. The molecule has 2 amide bonds. The van der Waals surface area contributed by atoms with Crippen LogP contribution in [0.25, 0.3) is 0 Å². The van der Waals surface area contributed by atoms with Gasteiger partial charge in [-0.1, -0.05) is 63.8 Å². The van der Waals surface area contributed by atoms with Crippen LogP contribution in [0.2, 0.25) is 0 Å². The molecule has 3 aliphatic heterocycles. The van der Waals surface area contributed by atoms with Crippen LogP contribution in [0, 0.1) is 11.8 Å². The van der Waals surface area contributed by atoms with Gasteiger partial charge in [0.25, 0.3) is 0 Å². The second-order valence-corrected chi connectivity index (χ2v) is 15.4. The number of aliphatic hydroxyl groups excluding tert-OH is 1. The molecule has 52 heavy (non-hydrogen) atoms. The first-order valence-electron chi connectivity index (χ1n) is 19.2. The van der Waals surface area contributed by atoms with Crippen molar-refractivity contribution < 1.29 is 48.7 Å². The molecule has 4 aliphatic rings. The van der Waals surface area contributed by atoms with E-state index in [1.54, 1.807) is 36.1 Å². The molecule has 1 saturated carbocycles. The quantitative estimate of drug-likeness (QED) is 0.101. The first-order chi connectivity index (χ1) is 24.7. The van der Waals surface area contributed by atoms with Crippen LogP contribution >= 0.6 is 0 Å². The highest BCUT2D eigenvalue weighted by molar-refractivity contribution is 5.80. The molecule has 0 bridgehead atoms. The molecular weight excluding hydrogens is 670 g/mol. The van der Waals surface area contributed by atoms with Gasteiger partial charge in [-0.05, 0) is 64.0 Å². The van der Waals surface area contributed by atoms with Gasteiger partial charge in [0.1, 0.15) is 17.7 Å². The summed E-state index contributed by atoms with van der Waals surface area (Å²) in [5, 5.41) is 31.5. The molecular formula is C39H61N3O10. The van der Waals surface area contributed by atoms with Crippen LogP contribution in [-0.4, -0.2) is 129 Å². The fourth-order valence-corrected chi connectivity index (χ4v) is 7.60. The number of allylic oxidation sites excluding steroid dienone is 2. The predicted octanol–water partition coefficient (Wildman–Crippen LogP) is 5.06. The van der Waals surface area contributed by atoms with Gasteiger partial charge >= 0.3 is 24.1 Å². The fraction of sp³-hybridized carbons (Fsp3) is 0.744. The first kappa shape index (κ1) is 41.3. The number of likely N-dealkylation sites (tertiary alicyclic amines) is 1. The zero-order chi connectivity index (χ0) is 37.8. The van der Waals surface area contributed by atoms with Crippen LogP contribution in [0.5, 0.6) is 0 Å². The number of ether oxygens (including phenoxy) is 3. The van der Waals surface area contributed by atoms with E-state index in [0.717, 1.165) is 13.1 Å². The maximum atomic E-state index is 13.4. The topological polar surface area (TPSA) is 166 Å². The van der Waals surface area contributed by atoms with Gasteiger partial charge in [-0.3, -0.25) is 14.6 Å². The van der Waals surface area contributed by atoms with Crippen LogP contribution in [-0.2, 0) is 23.8 Å². The number of carboxylic acids is 1. The van der Waals surface area contributed by atoms with E-state index in [9.17, 15) is 34.5 Å². The Morgan fingerprint density at radius 1 is 1.00 bits per heavy atom. The van der Waals surface area contributed by atoms with Gasteiger partial charge in [0.15, 0.2) is 6.10 Å². The molecule has 13 nitrogen and oxygen atoms in total. The number of esters is 1. The van der Waals surface area contributed by atoms with E-state index >= 15 is 0 Å². The van der Waals surface area contributed by atoms with Crippen molar-refractivity contribution in [2.45, 2.75) is 134 Å². The van der Waals surface area contributed by atoms with Gasteiger partial charge in [-0.15, -0.1) is 0 Å². The second kappa shape index (κ2) is 19.6. The van der Waals surface area contributed by atoms with Crippen molar-refractivity contribution in [3.63, 3.8) is 0 Å². The zero-order valence-electron chi connectivity index (χ0n) is 31.5. The van der Waals surface area contributed by atoms with E-state index in [1.807, 2.05) is 26.8 Å². The summed E-state index contributed by atoms with van der Waals surface area (Å²) < 4.78 is 17.2. The summed E-state index contributed by atoms with van der Waals surface area (Å²) in [6, 6.07) is -0.290. The van der Waals surface area contributed by atoms with Crippen LogP contribution in [0.15, 0.2) is 36.0 Å². The number of hydrogen-bond donors (Lipinski definition) is 3.